The Hall–Kier alpha value is -3.16. The van der Waals surface area contributed by atoms with Crippen molar-refractivity contribution in [2.45, 2.75) is 51.1 Å². The summed E-state index contributed by atoms with van der Waals surface area (Å²) in [6.07, 6.45) is 4.62. The fourth-order valence-electron chi connectivity index (χ4n) is 3.24. The van der Waals surface area contributed by atoms with Crippen molar-refractivity contribution in [3.63, 3.8) is 0 Å². The normalized spacial score (nSPS) is 17.3. The fraction of sp³-hybridized carbons (Fsp3) is 0.429. The molecule has 2 heterocycles. The average Bonchev–Trinajstić information content (AvgIpc) is 3.20. The van der Waals surface area contributed by atoms with Gasteiger partial charge in [-0.15, -0.1) is 0 Å². The molecule has 0 bridgehead atoms. The maximum atomic E-state index is 12.7. The zero-order valence-corrected chi connectivity index (χ0v) is 16.4. The Bertz CT molecular complexity index is 849. The van der Waals surface area contributed by atoms with Crippen molar-refractivity contribution < 1.29 is 18.8 Å². The highest BCUT2D eigenvalue weighted by molar-refractivity contribution is 5.92. The molecule has 3 amide bonds. The molecule has 2 aromatic rings. The van der Waals surface area contributed by atoms with Crippen molar-refractivity contribution >= 4 is 17.7 Å². The standard InChI is InChI=1S/C21H26N4O4/c1-2-7-19-24-17(13-29-19)20(27)22-12-16(14-8-4-3-5-9-14)25-21(28)15-10-6-11-18(26)23-15/h3-5,8-9,13,15-16H,2,6-7,10-12H2,1H3,(H,22,27)(H,23,26)(H,25,28)/t15-,16?/m1/s1. The van der Waals surface area contributed by atoms with Crippen LogP contribution in [0.15, 0.2) is 41.0 Å². The van der Waals surface area contributed by atoms with Crippen LogP contribution in [0, 0.1) is 0 Å². The van der Waals surface area contributed by atoms with Crippen LogP contribution < -0.4 is 16.0 Å². The van der Waals surface area contributed by atoms with Crippen LogP contribution >= 0.6 is 0 Å². The number of amides is 3. The van der Waals surface area contributed by atoms with Crippen molar-refractivity contribution in [1.29, 1.82) is 0 Å². The first-order valence-electron chi connectivity index (χ1n) is 9.94. The Labute approximate surface area is 169 Å². The number of aryl methyl sites for hydroxylation is 1. The van der Waals surface area contributed by atoms with E-state index in [1.54, 1.807) is 0 Å². The minimum Gasteiger partial charge on any atom is -0.448 e. The molecule has 2 atom stereocenters. The van der Waals surface area contributed by atoms with E-state index in [-0.39, 0.29) is 30.0 Å². The fourth-order valence-corrected chi connectivity index (χ4v) is 3.24. The Morgan fingerprint density at radius 1 is 1.31 bits per heavy atom. The summed E-state index contributed by atoms with van der Waals surface area (Å²) in [7, 11) is 0. The minimum absolute atomic E-state index is 0.116. The summed E-state index contributed by atoms with van der Waals surface area (Å²) >= 11 is 0. The topological polar surface area (TPSA) is 113 Å². The van der Waals surface area contributed by atoms with Crippen LogP contribution in [0.1, 0.15) is 60.6 Å². The van der Waals surface area contributed by atoms with E-state index in [1.165, 1.54) is 6.26 Å². The summed E-state index contributed by atoms with van der Waals surface area (Å²) < 4.78 is 5.29. The van der Waals surface area contributed by atoms with Gasteiger partial charge >= 0.3 is 0 Å². The number of carbonyl (C=O) groups excluding carboxylic acids is 3. The van der Waals surface area contributed by atoms with E-state index in [4.69, 9.17) is 4.42 Å². The lowest BCUT2D eigenvalue weighted by molar-refractivity contribution is -0.131. The van der Waals surface area contributed by atoms with Crippen molar-refractivity contribution in [2.75, 3.05) is 6.54 Å². The molecule has 1 aliphatic rings. The number of carbonyl (C=O) groups is 3. The Balaban J connectivity index is 1.65. The lowest BCUT2D eigenvalue weighted by Crippen LogP contribution is -2.51. The quantitative estimate of drug-likeness (QED) is 0.628. The van der Waals surface area contributed by atoms with Crippen LogP contribution in [-0.4, -0.2) is 35.3 Å². The van der Waals surface area contributed by atoms with Crippen LogP contribution in [0.3, 0.4) is 0 Å². The van der Waals surface area contributed by atoms with Gasteiger partial charge in [0.25, 0.3) is 5.91 Å². The van der Waals surface area contributed by atoms with Crippen molar-refractivity contribution in [1.82, 2.24) is 20.9 Å². The van der Waals surface area contributed by atoms with Gasteiger partial charge in [0.15, 0.2) is 11.6 Å². The molecule has 0 spiro atoms. The van der Waals surface area contributed by atoms with Gasteiger partial charge in [-0.05, 0) is 24.8 Å². The monoisotopic (exact) mass is 398 g/mol. The van der Waals surface area contributed by atoms with E-state index in [9.17, 15) is 14.4 Å². The lowest BCUT2D eigenvalue weighted by Gasteiger charge is -2.26. The molecule has 1 unspecified atom stereocenters. The van der Waals surface area contributed by atoms with Crippen LogP contribution in [0.5, 0.6) is 0 Å². The first-order valence-corrected chi connectivity index (χ1v) is 9.94. The van der Waals surface area contributed by atoms with E-state index in [2.05, 4.69) is 20.9 Å². The summed E-state index contributed by atoms with van der Waals surface area (Å²) in [5.41, 5.74) is 1.07. The van der Waals surface area contributed by atoms with Crippen LogP contribution in [0.4, 0.5) is 0 Å². The van der Waals surface area contributed by atoms with Crippen molar-refractivity contribution in [2.24, 2.45) is 0 Å². The van der Waals surface area contributed by atoms with Crippen LogP contribution in [0.25, 0.3) is 0 Å². The third-order valence-electron chi connectivity index (χ3n) is 4.78. The highest BCUT2D eigenvalue weighted by atomic mass is 16.3. The Morgan fingerprint density at radius 3 is 2.83 bits per heavy atom. The molecule has 1 saturated heterocycles. The first-order chi connectivity index (χ1) is 14.1. The zero-order chi connectivity index (χ0) is 20.6. The van der Waals surface area contributed by atoms with Gasteiger partial charge in [-0.1, -0.05) is 37.3 Å². The molecule has 29 heavy (non-hydrogen) atoms. The molecule has 1 aromatic carbocycles. The van der Waals surface area contributed by atoms with Gasteiger partial charge in [-0.3, -0.25) is 14.4 Å². The molecule has 0 aliphatic carbocycles. The predicted octanol–water partition coefficient (Wildman–Crippen LogP) is 1.88. The maximum Gasteiger partial charge on any atom is 0.273 e. The molecule has 1 aromatic heterocycles. The molecule has 8 nitrogen and oxygen atoms in total. The summed E-state index contributed by atoms with van der Waals surface area (Å²) in [5, 5.41) is 8.47. The van der Waals surface area contributed by atoms with Gasteiger partial charge in [0.05, 0.1) is 6.04 Å². The zero-order valence-electron chi connectivity index (χ0n) is 16.4. The molecular formula is C21H26N4O4. The van der Waals surface area contributed by atoms with Crippen molar-refractivity contribution in [3.8, 4) is 0 Å². The molecular weight excluding hydrogens is 372 g/mol. The number of nitrogens with zero attached hydrogens (tertiary/aromatic N) is 1. The van der Waals surface area contributed by atoms with E-state index < -0.39 is 12.1 Å². The third kappa shape index (κ3) is 5.66. The summed E-state index contributed by atoms with van der Waals surface area (Å²) in [5.74, 6) is -0.210. The SMILES string of the molecule is CCCc1nc(C(=O)NCC(NC(=O)[C@H]2CCCC(=O)N2)c2ccccc2)co1. The number of hydrogen-bond acceptors (Lipinski definition) is 5. The van der Waals surface area contributed by atoms with Crippen molar-refractivity contribution in [3.05, 3.63) is 53.7 Å². The number of rotatable bonds is 8. The number of nitrogens with one attached hydrogen (secondary N) is 3. The molecule has 0 radical (unpaired) electrons. The smallest absolute Gasteiger partial charge is 0.273 e. The second-order valence-electron chi connectivity index (χ2n) is 7.07. The lowest BCUT2D eigenvalue weighted by atomic mass is 10.0. The van der Waals surface area contributed by atoms with Crippen LogP contribution in [-0.2, 0) is 16.0 Å². The number of hydrogen-bond donors (Lipinski definition) is 3. The molecule has 3 N–H and O–H groups in total. The van der Waals surface area contributed by atoms with Gasteiger partial charge < -0.3 is 20.4 Å². The average molecular weight is 398 g/mol. The number of oxazole rings is 1. The predicted molar refractivity (Wildman–Crippen MR) is 106 cm³/mol. The highest BCUT2D eigenvalue weighted by Gasteiger charge is 2.27. The van der Waals surface area contributed by atoms with Gasteiger partial charge in [0.1, 0.15) is 12.3 Å². The van der Waals surface area contributed by atoms with Crippen LogP contribution in [0.2, 0.25) is 0 Å². The largest absolute Gasteiger partial charge is 0.448 e. The Morgan fingerprint density at radius 2 is 2.10 bits per heavy atom. The Kier molecular flexibility index (Phi) is 6.99. The number of aromatic nitrogens is 1. The molecule has 0 saturated carbocycles. The second kappa shape index (κ2) is 9.86. The third-order valence-corrected chi connectivity index (χ3v) is 4.78. The van der Waals surface area contributed by atoms with E-state index in [1.807, 2.05) is 37.3 Å². The number of piperidine rings is 1. The molecule has 1 fully saturated rings. The summed E-state index contributed by atoms with van der Waals surface area (Å²) in [4.78, 5) is 40.8. The summed E-state index contributed by atoms with van der Waals surface area (Å²) in [6.45, 7) is 2.19. The highest BCUT2D eigenvalue weighted by Crippen LogP contribution is 2.15. The number of benzene rings is 1. The summed E-state index contributed by atoms with van der Waals surface area (Å²) in [6, 6.07) is 8.39. The van der Waals surface area contributed by atoms with Gasteiger partial charge in [-0.2, -0.15) is 0 Å². The molecule has 3 rings (SSSR count). The van der Waals surface area contributed by atoms with Gasteiger partial charge in [0.2, 0.25) is 11.8 Å². The van der Waals surface area contributed by atoms with E-state index >= 15 is 0 Å². The van der Waals surface area contributed by atoms with Gasteiger partial charge in [0, 0.05) is 19.4 Å². The minimum atomic E-state index is -0.551. The molecule has 1 aliphatic heterocycles. The maximum absolute atomic E-state index is 12.7. The second-order valence-corrected chi connectivity index (χ2v) is 7.07. The van der Waals surface area contributed by atoms with E-state index in [0.29, 0.717) is 31.6 Å². The molecule has 8 heteroatoms. The first kappa shape index (κ1) is 20.6. The molecule has 154 valence electrons. The van der Waals surface area contributed by atoms with Gasteiger partial charge in [-0.25, -0.2) is 4.98 Å². The van der Waals surface area contributed by atoms with E-state index in [0.717, 1.165) is 12.0 Å².